The summed E-state index contributed by atoms with van der Waals surface area (Å²) in [7, 11) is 0. The van der Waals surface area contributed by atoms with Gasteiger partial charge in [0.1, 0.15) is 6.17 Å². The highest BCUT2D eigenvalue weighted by Crippen LogP contribution is 2.29. The van der Waals surface area contributed by atoms with Crippen LogP contribution in [0.15, 0.2) is 30.3 Å². The molecule has 0 radical (unpaired) electrons. The zero-order valence-corrected chi connectivity index (χ0v) is 9.05. The molecule has 0 saturated carbocycles. The first kappa shape index (κ1) is 11.2. The first-order valence-corrected chi connectivity index (χ1v) is 5.35. The Morgan fingerprint density at radius 1 is 1.36 bits per heavy atom. The Kier molecular flexibility index (Phi) is 4.14. The molecule has 0 heterocycles. The van der Waals surface area contributed by atoms with Gasteiger partial charge < -0.3 is 0 Å². The molecule has 2 atom stereocenters. The molecule has 1 nitrogen and oxygen atoms in total. The molecule has 0 aliphatic carbocycles. The highest BCUT2D eigenvalue weighted by atomic mass is 32.2. The van der Waals surface area contributed by atoms with E-state index >= 15 is 0 Å². The van der Waals surface area contributed by atoms with Gasteiger partial charge in [0, 0.05) is 12.2 Å². The van der Waals surface area contributed by atoms with Crippen LogP contribution in [0.1, 0.15) is 25.6 Å². The van der Waals surface area contributed by atoms with Crippen molar-refractivity contribution in [1.29, 1.82) is 0 Å². The van der Waals surface area contributed by atoms with Crippen LogP contribution in [0.5, 0.6) is 0 Å². The standard InChI is InChI=1S/C11H13FOS/c1-8(14-9(2)13)11(12)10-6-4-3-5-7-10/h3-8,11H,1-2H3/t8-,11+/m1/s1. The van der Waals surface area contributed by atoms with Gasteiger partial charge in [-0.1, -0.05) is 42.1 Å². The zero-order valence-electron chi connectivity index (χ0n) is 8.24. The Balaban J connectivity index is 2.65. The van der Waals surface area contributed by atoms with Gasteiger partial charge in [-0.05, 0) is 12.5 Å². The largest absolute Gasteiger partial charge is 0.288 e. The number of hydrogen-bond donors (Lipinski definition) is 0. The number of carbonyl (C=O) groups is 1. The maximum Gasteiger partial charge on any atom is 0.186 e. The predicted molar refractivity (Wildman–Crippen MR) is 58.0 cm³/mol. The van der Waals surface area contributed by atoms with Crippen LogP contribution >= 0.6 is 11.8 Å². The molecule has 0 unspecified atom stereocenters. The van der Waals surface area contributed by atoms with Crippen molar-refractivity contribution in [2.45, 2.75) is 25.3 Å². The van der Waals surface area contributed by atoms with E-state index in [0.29, 0.717) is 5.56 Å². The minimum atomic E-state index is -1.08. The third-order valence-corrected chi connectivity index (χ3v) is 2.82. The fourth-order valence-corrected chi connectivity index (χ4v) is 2.03. The summed E-state index contributed by atoms with van der Waals surface area (Å²) in [5, 5.41) is -0.369. The number of benzene rings is 1. The summed E-state index contributed by atoms with van der Waals surface area (Å²) < 4.78 is 13.7. The summed E-state index contributed by atoms with van der Waals surface area (Å²) in [4.78, 5) is 10.8. The smallest absolute Gasteiger partial charge is 0.186 e. The topological polar surface area (TPSA) is 17.1 Å². The summed E-state index contributed by atoms with van der Waals surface area (Å²) in [6.45, 7) is 3.18. The summed E-state index contributed by atoms with van der Waals surface area (Å²) in [5.74, 6) is 0. The molecule has 1 aromatic rings. The molecule has 76 valence electrons. The van der Waals surface area contributed by atoms with E-state index in [9.17, 15) is 9.18 Å². The molecule has 14 heavy (non-hydrogen) atoms. The molecule has 0 bridgehead atoms. The van der Waals surface area contributed by atoms with E-state index in [-0.39, 0.29) is 10.4 Å². The van der Waals surface area contributed by atoms with E-state index in [4.69, 9.17) is 0 Å². The van der Waals surface area contributed by atoms with E-state index in [1.54, 1.807) is 31.2 Å². The second kappa shape index (κ2) is 5.15. The Morgan fingerprint density at radius 2 is 1.93 bits per heavy atom. The van der Waals surface area contributed by atoms with Gasteiger partial charge in [-0.2, -0.15) is 0 Å². The molecule has 0 fully saturated rings. The maximum atomic E-state index is 13.7. The summed E-state index contributed by atoms with van der Waals surface area (Å²) >= 11 is 1.04. The lowest BCUT2D eigenvalue weighted by molar-refractivity contribution is -0.109. The van der Waals surface area contributed by atoms with Gasteiger partial charge in [-0.3, -0.25) is 4.79 Å². The first-order chi connectivity index (χ1) is 6.61. The number of thioether (sulfide) groups is 1. The second-order valence-corrected chi connectivity index (χ2v) is 4.68. The Labute approximate surface area is 87.7 Å². The molecule has 0 spiro atoms. The minimum absolute atomic E-state index is 0.0453. The quantitative estimate of drug-likeness (QED) is 0.764. The average Bonchev–Trinajstić information content (AvgIpc) is 2.17. The molecule has 0 aliphatic heterocycles. The van der Waals surface area contributed by atoms with Crippen molar-refractivity contribution in [2.24, 2.45) is 0 Å². The summed E-state index contributed by atoms with van der Waals surface area (Å²) in [6, 6.07) is 8.92. The molecule has 0 aliphatic rings. The van der Waals surface area contributed by atoms with Crippen LogP contribution in [0.3, 0.4) is 0 Å². The fourth-order valence-electron chi connectivity index (χ4n) is 1.23. The third kappa shape index (κ3) is 3.14. The molecule has 3 heteroatoms. The van der Waals surface area contributed by atoms with Crippen LogP contribution in [0.4, 0.5) is 4.39 Å². The van der Waals surface area contributed by atoms with Crippen molar-refractivity contribution >= 4 is 16.9 Å². The SMILES string of the molecule is CC(=O)S[C@H](C)[C@H](F)c1ccccc1. The first-order valence-electron chi connectivity index (χ1n) is 4.47. The number of hydrogen-bond acceptors (Lipinski definition) is 2. The molecule has 0 N–H and O–H groups in total. The van der Waals surface area contributed by atoms with Crippen molar-refractivity contribution in [3.63, 3.8) is 0 Å². The number of alkyl halides is 1. The lowest BCUT2D eigenvalue weighted by Gasteiger charge is -2.14. The molecular weight excluding hydrogens is 199 g/mol. The van der Waals surface area contributed by atoms with Crippen LogP contribution in [0.2, 0.25) is 0 Å². The highest BCUT2D eigenvalue weighted by Gasteiger charge is 2.19. The number of rotatable bonds is 3. The monoisotopic (exact) mass is 212 g/mol. The van der Waals surface area contributed by atoms with E-state index in [1.807, 2.05) is 6.07 Å². The van der Waals surface area contributed by atoms with Crippen molar-refractivity contribution in [3.8, 4) is 0 Å². The van der Waals surface area contributed by atoms with Crippen molar-refractivity contribution < 1.29 is 9.18 Å². The average molecular weight is 212 g/mol. The maximum absolute atomic E-state index is 13.7. The lowest BCUT2D eigenvalue weighted by atomic mass is 10.1. The third-order valence-electron chi connectivity index (χ3n) is 1.88. The highest BCUT2D eigenvalue weighted by molar-refractivity contribution is 8.14. The molecule has 0 aromatic heterocycles. The minimum Gasteiger partial charge on any atom is -0.288 e. The normalized spacial score (nSPS) is 14.8. The van der Waals surface area contributed by atoms with Crippen LogP contribution < -0.4 is 0 Å². The molecule has 1 rings (SSSR count). The fraction of sp³-hybridized carbons (Fsp3) is 0.364. The Bertz CT molecular complexity index is 299. The van der Waals surface area contributed by atoms with Gasteiger partial charge in [0.25, 0.3) is 0 Å². The van der Waals surface area contributed by atoms with Crippen molar-refractivity contribution in [2.75, 3.05) is 0 Å². The van der Waals surface area contributed by atoms with Gasteiger partial charge >= 0.3 is 0 Å². The number of halogens is 1. The summed E-state index contributed by atoms with van der Waals surface area (Å²) in [6.07, 6.45) is -1.08. The van der Waals surface area contributed by atoms with Crippen molar-refractivity contribution in [1.82, 2.24) is 0 Å². The van der Waals surface area contributed by atoms with Crippen LogP contribution in [-0.2, 0) is 4.79 Å². The molecular formula is C11H13FOS. The van der Waals surface area contributed by atoms with Gasteiger partial charge in [0.15, 0.2) is 5.12 Å². The van der Waals surface area contributed by atoms with Crippen LogP contribution in [-0.4, -0.2) is 10.4 Å². The predicted octanol–water partition coefficient (Wildman–Crippen LogP) is 3.37. The van der Waals surface area contributed by atoms with E-state index < -0.39 is 6.17 Å². The van der Waals surface area contributed by atoms with Gasteiger partial charge in [-0.25, -0.2) is 4.39 Å². The molecule has 1 aromatic carbocycles. The van der Waals surface area contributed by atoms with Gasteiger partial charge in [-0.15, -0.1) is 0 Å². The molecule has 0 amide bonds. The van der Waals surface area contributed by atoms with Gasteiger partial charge in [0.05, 0.1) is 0 Å². The van der Waals surface area contributed by atoms with E-state index in [1.165, 1.54) is 6.92 Å². The van der Waals surface area contributed by atoms with E-state index in [2.05, 4.69) is 0 Å². The van der Waals surface area contributed by atoms with Crippen LogP contribution in [0, 0.1) is 0 Å². The number of carbonyl (C=O) groups excluding carboxylic acids is 1. The second-order valence-electron chi connectivity index (χ2n) is 3.13. The molecule has 0 saturated heterocycles. The van der Waals surface area contributed by atoms with Crippen molar-refractivity contribution in [3.05, 3.63) is 35.9 Å². The lowest BCUT2D eigenvalue weighted by Crippen LogP contribution is -2.08. The summed E-state index contributed by atoms with van der Waals surface area (Å²) in [5.41, 5.74) is 0.633. The van der Waals surface area contributed by atoms with Gasteiger partial charge in [0.2, 0.25) is 0 Å². The van der Waals surface area contributed by atoms with E-state index in [0.717, 1.165) is 11.8 Å². The Morgan fingerprint density at radius 3 is 2.43 bits per heavy atom. The zero-order chi connectivity index (χ0) is 10.6. The van der Waals surface area contributed by atoms with Crippen LogP contribution in [0.25, 0.3) is 0 Å². The Hall–Kier alpha value is -0.830.